The van der Waals surface area contributed by atoms with Gasteiger partial charge in [-0.2, -0.15) is 5.10 Å². The lowest BCUT2D eigenvalue weighted by molar-refractivity contribution is 0.422. The molecule has 0 saturated heterocycles. The number of nitrogens with zero attached hydrogens (tertiary/aromatic N) is 3. The summed E-state index contributed by atoms with van der Waals surface area (Å²) >= 11 is 0. The van der Waals surface area contributed by atoms with Crippen LogP contribution in [-0.2, 0) is 6.54 Å². The van der Waals surface area contributed by atoms with Crippen molar-refractivity contribution in [2.45, 2.75) is 38.8 Å². The quantitative estimate of drug-likeness (QED) is 0.748. The Hall–Kier alpha value is -0.900. The summed E-state index contributed by atoms with van der Waals surface area (Å²) in [7, 11) is 0. The van der Waals surface area contributed by atoms with Crippen molar-refractivity contribution < 1.29 is 0 Å². The molecule has 1 aliphatic rings. The Kier molecular flexibility index (Phi) is 1.70. The van der Waals surface area contributed by atoms with E-state index in [1.54, 1.807) is 12.7 Å². The normalized spacial score (nSPS) is 30.4. The molecule has 0 amide bonds. The molecule has 72 valence electrons. The molecule has 4 nitrogen and oxygen atoms in total. The van der Waals surface area contributed by atoms with Crippen molar-refractivity contribution in [3.63, 3.8) is 0 Å². The number of rotatable bonds is 3. The Morgan fingerprint density at radius 2 is 2.23 bits per heavy atom. The Morgan fingerprint density at radius 1 is 1.54 bits per heavy atom. The summed E-state index contributed by atoms with van der Waals surface area (Å²) in [4.78, 5) is 3.89. The Bertz CT molecular complexity index is 291. The third-order valence-electron chi connectivity index (χ3n) is 3.23. The van der Waals surface area contributed by atoms with Crippen molar-refractivity contribution in [2.24, 2.45) is 11.1 Å². The summed E-state index contributed by atoms with van der Waals surface area (Å²) in [6.07, 6.45) is 5.40. The fraction of sp³-hybridized carbons (Fsp3) is 0.778. The zero-order valence-electron chi connectivity index (χ0n) is 8.20. The number of aromatic nitrogens is 3. The average molecular weight is 180 g/mol. The lowest BCUT2D eigenvalue weighted by atomic mass is 10.0. The van der Waals surface area contributed by atoms with E-state index in [2.05, 4.69) is 23.9 Å². The van der Waals surface area contributed by atoms with Crippen molar-refractivity contribution in [1.29, 1.82) is 0 Å². The molecule has 1 aromatic heterocycles. The molecule has 1 heterocycles. The lowest BCUT2D eigenvalue weighted by Gasteiger charge is -2.14. The van der Waals surface area contributed by atoms with Gasteiger partial charge >= 0.3 is 0 Å². The molecule has 2 N–H and O–H groups in total. The van der Waals surface area contributed by atoms with Gasteiger partial charge in [0.1, 0.15) is 12.7 Å². The maximum absolute atomic E-state index is 6.18. The summed E-state index contributed by atoms with van der Waals surface area (Å²) < 4.78 is 1.84. The second-order valence-electron chi connectivity index (χ2n) is 4.63. The minimum absolute atomic E-state index is 0.0267. The van der Waals surface area contributed by atoms with Crippen LogP contribution in [0.3, 0.4) is 0 Å². The van der Waals surface area contributed by atoms with Crippen LogP contribution in [0.1, 0.15) is 26.7 Å². The first kappa shape index (κ1) is 8.69. The highest BCUT2D eigenvalue weighted by Crippen LogP contribution is 2.55. The average Bonchev–Trinajstić information content (AvgIpc) is 2.53. The van der Waals surface area contributed by atoms with Gasteiger partial charge < -0.3 is 5.73 Å². The highest BCUT2D eigenvalue weighted by molar-refractivity contribution is 5.14. The van der Waals surface area contributed by atoms with Crippen LogP contribution in [0.25, 0.3) is 0 Å². The molecule has 0 aliphatic heterocycles. The molecule has 4 heteroatoms. The second-order valence-corrected chi connectivity index (χ2v) is 4.63. The van der Waals surface area contributed by atoms with E-state index in [0.29, 0.717) is 5.41 Å². The summed E-state index contributed by atoms with van der Waals surface area (Å²) in [5.41, 5.74) is 6.52. The molecule has 1 fully saturated rings. The van der Waals surface area contributed by atoms with Crippen LogP contribution in [-0.4, -0.2) is 20.3 Å². The van der Waals surface area contributed by atoms with Crippen LogP contribution in [0.15, 0.2) is 12.7 Å². The third kappa shape index (κ3) is 1.46. The van der Waals surface area contributed by atoms with Crippen LogP contribution >= 0.6 is 0 Å². The van der Waals surface area contributed by atoms with Crippen molar-refractivity contribution in [2.75, 3.05) is 0 Å². The van der Waals surface area contributed by atoms with Gasteiger partial charge in [0.2, 0.25) is 0 Å². The van der Waals surface area contributed by atoms with E-state index in [0.717, 1.165) is 19.4 Å². The number of aryl methyl sites for hydroxylation is 1. The van der Waals surface area contributed by atoms with E-state index in [-0.39, 0.29) is 5.54 Å². The Balaban J connectivity index is 1.88. The Labute approximate surface area is 78.1 Å². The second kappa shape index (κ2) is 2.54. The van der Waals surface area contributed by atoms with Crippen LogP contribution < -0.4 is 5.73 Å². The fourth-order valence-electron chi connectivity index (χ4n) is 1.83. The fourth-order valence-corrected chi connectivity index (χ4v) is 1.83. The zero-order chi connectivity index (χ0) is 9.53. The zero-order valence-corrected chi connectivity index (χ0v) is 8.20. The molecular weight excluding hydrogens is 164 g/mol. The van der Waals surface area contributed by atoms with E-state index in [1.165, 1.54) is 0 Å². The maximum Gasteiger partial charge on any atom is 0.137 e. The van der Waals surface area contributed by atoms with Gasteiger partial charge in [0.05, 0.1) is 0 Å². The highest BCUT2D eigenvalue weighted by atomic mass is 15.3. The maximum atomic E-state index is 6.18. The molecule has 1 aliphatic carbocycles. The van der Waals surface area contributed by atoms with Crippen LogP contribution in [0.5, 0.6) is 0 Å². The first-order valence-electron chi connectivity index (χ1n) is 4.65. The number of hydrogen-bond donors (Lipinski definition) is 1. The van der Waals surface area contributed by atoms with Gasteiger partial charge in [-0.15, -0.1) is 0 Å². The molecule has 0 aromatic carbocycles. The van der Waals surface area contributed by atoms with E-state index in [1.807, 2.05) is 4.68 Å². The van der Waals surface area contributed by atoms with Gasteiger partial charge in [-0.25, -0.2) is 4.98 Å². The van der Waals surface area contributed by atoms with Crippen molar-refractivity contribution in [3.8, 4) is 0 Å². The van der Waals surface area contributed by atoms with Gasteiger partial charge in [0, 0.05) is 12.1 Å². The first-order valence-corrected chi connectivity index (χ1v) is 4.65. The largest absolute Gasteiger partial charge is 0.325 e. The standard InChI is InChI=1S/C9H16N4/c1-8(2)5-9(8,10)3-4-13-7-11-6-12-13/h6-7H,3-5,10H2,1-2H3. The van der Waals surface area contributed by atoms with Crippen LogP contribution in [0.4, 0.5) is 0 Å². The van der Waals surface area contributed by atoms with Gasteiger partial charge in [-0.1, -0.05) is 13.8 Å². The van der Waals surface area contributed by atoms with Crippen LogP contribution in [0, 0.1) is 5.41 Å². The highest BCUT2D eigenvalue weighted by Gasteiger charge is 2.57. The summed E-state index contributed by atoms with van der Waals surface area (Å²) in [5.74, 6) is 0. The van der Waals surface area contributed by atoms with Gasteiger partial charge in [-0.05, 0) is 18.3 Å². The molecule has 1 atom stereocenters. The van der Waals surface area contributed by atoms with Gasteiger partial charge in [0.15, 0.2) is 0 Å². The lowest BCUT2D eigenvalue weighted by Crippen LogP contribution is -2.29. The summed E-state index contributed by atoms with van der Waals surface area (Å²) in [6.45, 7) is 5.31. The van der Waals surface area contributed by atoms with Gasteiger partial charge in [0.25, 0.3) is 0 Å². The SMILES string of the molecule is CC1(C)CC1(N)CCn1cncn1. The molecule has 2 rings (SSSR count). The predicted octanol–water partition coefficient (Wildman–Crippen LogP) is 0.796. The smallest absolute Gasteiger partial charge is 0.137 e. The third-order valence-corrected chi connectivity index (χ3v) is 3.23. The van der Waals surface area contributed by atoms with Gasteiger partial charge in [-0.3, -0.25) is 4.68 Å². The monoisotopic (exact) mass is 180 g/mol. The number of nitrogens with two attached hydrogens (primary N) is 1. The summed E-state index contributed by atoms with van der Waals surface area (Å²) in [5, 5.41) is 4.04. The minimum atomic E-state index is 0.0267. The molecule has 0 radical (unpaired) electrons. The van der Waals surface area contributed by atoms with E-state index >= 15 is 0 Å². The number of hydrogen-bond acceptors (Lipinski definition) is 3. The van der Waals surface area contributed by atoms with Crippen molar-refractivity contribution >= 4 is 0 Å². The van der Waals surface area contributed by atoms with Crippen LogP contribution in [0.2, 0.25) is 0 Å². The van der Waals surface area contributed by atoms with E-state index < -0.39 is 0 Å². The molecule has 0 spiro atoms. The molecule has 13 heavy (non-hydrogen) atoms. The van der Waals surface area contributed by atoms with Crippen molar-refractivity contribution in [1.82, 2.24) is 14.8 Å². The Morgan fingerprint density at radius 3 is 2.69 bits per heavy atom. The van der Waals surface area contributed by atoms with E-state index in [9.17, 15) is 0 Å². The van der Waals surface area contributed by atoms with Crippen molar-refractivity contribution in [3.05, 3.63) is 12.7 Å². The predicted molar refractivity (Wildman–Crippen MR) is 50.0 cm³/mol. The first-order chi connectivity index (χ1) is 6.04. The minimum Gasteiger partial charge on any atom is -0.325 e. The molecule has 1 unspecified atom stereocenters. The molecule has 1 saturated carbocycles. The van der Waals surface area contributed by atoms with E-state index in [4.69, 9.17) is 5.73 Å². The summed E-state index contributed by atoms with van der Waals surface area (Å²) in [6, 6.07) is 0. The topological polar surface area (TPSA) is 56.7 Å². The molecular formula is C9H16N4. The molecule has 0 bridgehead atoms. The molecule has 1 aromatic rings.